The number of hydrogen-bond acceptors (Lipinski definition) is 8. The summed E-state index contributed by atoms with van der Waals surface area (Å²) in [6.45, 7) is 12.4. The van der Waals surface area contributed by atoms with Crippen molar-refractivity contribution in [3.8, 4) is 11.5 Å². The standard InChI is InChI=1S/C34H50O8/c1-7-25(4)9-19-33(38)42-23-29(36)21-40-31-16-12-27(13-17-31)34(5,6)26-10-14-30(15-11-26)39-20-28(35)22-41-32(37)18-8-24(2)3/h10-17,24-25,28-29,35-36H,7-9,18-23H2,1-6H3. The van der Waals surface area contributed by atoms with E-state index in [4.69, 9.17) is 18.9 Å². The second kappa shape index (κ2) is 17.8. The highest BCUT2D eigenvalue weighted by Gasteiger charge is 2.23. The van der Waals surface area contributed by atoms with Gasteiger partial charge in [0.1, 0.15) is 50.1 Å². The maximum Gasteiger partial charge on any atom is 0.305 e. The minimum atomic E-state index is -0.903. The van der Waals surface area contributed by atoms with Crippen LogP contribution in [0.3, 0.4) is 0 Å². The molecule has 0 saturated heterocycles. The van der Waals surface area contributed by atoms with Crippen LogP contribution in [0.2, 0.25) is 0 Å². The minimum Gasteiger partial charge on any atom is -0.491 e. The van der Waals surface area contributed by atoms with Crippen LogP contribution in [-0.2, 0) is 24.5 Å². The van der Waals surface area contributed by atoms with Gasteiger partial charge in [-0.1, -0.05) is 72.2 Å². The van der Waals surface area contributed by atoms with Gasteiger partial charge >= 0.3 is 11.9 Å². The van der Waals surface area contributed by atoms with Crippen molar-refractivity contribution in [3.63, 3.8) is 0 Å². The van der Waals surface area contributed by atoms with Gasteiger partial charge in [0.15, 0.2) is 0 Å². The first kappa shape index (κ1) is 35.1. The predicted octanol–water partition coefficient (Wildman–Crippen LogP) is 5.84. The molecule has 3 unspecified atom stereocenters. The minimum absolute atomic E-state index is 0.0248. The molecule has 234 valence electrons. The number of rotatable bonds is 19. The Balaban J connectivity index is 1.79. The largest absolute Gasteiger partial charge is 0.491 e. The molecule has 0 saturated carbocycles. The van der Waals surface area contributed by atoms with E-state index in [1.807, 2.05) is 62.4 Å². The number of esters is 2. The van der Waals surface area contributed by atoms with E-state index >= 15 is 0 Å². The van der Waals surface area contributed by atoms with Crippen molar-refractivity contribution in [3.05, 3.63) is 59.7 Å². The topological polar surface area (TPSA) is 112 Å². The zero-order valence-electron chi connectivity index (χ0n) is 26.1. The highest BCUT2D eigenvalue weighted by Crippen LogP contribution is 2.33. The summed E-state index contributed by atoms with van der Waals surface area (Å²) in [5.74, 6) is 1.52. The van der Waals surface area contributed by atoms with Crippen molar-refractivity contribution in [1.82, 2.24) is 0 Å². The summed E-state index contributed by atoms with van der Waals surface area (Å²) in [5, 5.41) is 20.3. The molecule has 0 aliphatic rings. The highest BCUT2D eigenvalue weighted by molar-refractivity contribution is 5.69. The number of ether oxygens (including phenoxy) is 4. The van der Waals surface area contributed by atoms with Crippen molar-refractivity contribution >= 4 is 11.9 Å². The summed E-state index contributed by atoms with van der Waals surface area (Å²) < 4.78 is 21.7. The quantitative estimate of drug-likeness (QED) is 0.198. The second-order valence-corrected chi connectivity index (χ2v) is 12.0. The molecule has 0 amide bonds. The third-order valence-corrected chi connectivity index (χ3v) is 7.37. The lowest BCUT2D eigenvalue weighted by Crippen LogP contribution is -2.25. The van der Waals surface area contributed by atoms with Gasteiger partial charge in [-0.2, -0.15) is 0 Å². The van der Waals surface area contributed by atoms with E-state index in [2.05, 4.69) is 27.7 Å². The summed E-state index contributed by atoms with van der Waals surface area (Å²) in [6, 6.07) is 15.4. The zero-order valence-corrected chi connectivity index (χ0v) is 26.1. The fraction of sp³-hybridized carbons (Fsp3) is 0.588. The average Bonchev–Trinajstić information content (AvgIpc) is 2.98. The molecule has 0 aromatic heterocycles. The monoisotopic (exact) mass is 586 g/mol. The van der Waals surface area contributed by atoms with Gasteiger partial charge in [0.05, 0.1) is 0 Å². The predicted molar refractivity (Wildman–Crippen MR) is 163 cm³/mol. The Kier molecular flexibility index (Phi) is 14.8. The Morgan fingerprint density at radius 1 is 0.690 bits per heavy atom. The summed E-state index contributed by atoms with van der Waals surface area (Å²) in [4.78, 5) is 23.6. The Labute approximate surface area is 251 Å². The van der Waals surface area contributed by atoms with Crippen LogP contribution in [0.5, 0.6) is 11.5 Å². The average molecular weight is 587 g/mol. The van der Waals surface area contributed by atoms with Gasteiger partial charge in [-0.25, -0.2) is 0 Å². The van der Waals surface area contributed by atoms with Crippen LogP contribution in [0.1, 0.15) is 84.8 Å². The normalized spacial score (nSPS) is 13.7. The van der Waals surface area contributed by atoms with Crippen molar-refractivity contribution < 1.29 is 38.7 Å². The third-order valence-electron chi connectivity index (χ3n) is 7.37. The molecular formula is C34H50O8. The fourth-order valence-electron chi connectivity index (χ4n) is 4.08. The number of carbonyl (C=O) groups is 2. The van der Waals surface area contributed by atoms with Crippen LogP contribution in [0, 0.1) is 11.8 Å². The Hall–Kier alpha value is -3.10. The summed E-state index contributed by atoms with van der Waals surface area (Å²) in [7, 11) is 0. The van der Waals surface area contributed by atoms with Gasteiger partial charge in [0, 0.05) is 18.3 Å². The fourth-order valence-corrected chi connectivity index (χ4v) is 4.08. The van der Waals surface area contributed by atoms with Crippen LogP contribution in [0.4, 0.5) is 0 Å². The molecule has 2 N–H and O–H groups in total. The van der Waals surface area contributed by atoms with Crippen LogP contribution >= 0.6 is 0 Å². The van der Waals surface area contributed by atoms with Crippen LogP contribution in [0.25, 0.3) is 0 Å². The number of carbonyl (C=O) groups excluding carboxylic acids is 2. The molecule has 2 aromatic carbocycles. The maximum atomic E-state index is 11.8. The molecule has 0 fully saturated rings. The SMILES string of the molecule is CCC(C)CCC(=O)OCC(O)COc1ccc(C(C)(C)c2ccc(OCC(O)COC(=O)CCC(C)C)cc2)cc1. The molecule has 2 aromatic rings. The Morgan fingerprint density at radius 2 is 1.10 bits per heavy atom. The number of aliphatic hydroxyl groups excluding tert-OH is 2. The van der Waals surface area contributed by atoms with Gasteiger partial charge in [0.25, 0.3) is 0 Å². The lowest BCUT2D eigenvalue weighted by molar-refractivity contribution is -0.148. The van der Waals surface area contributed by atoms with Gasteiger partial charge < -0.3 is 29.2 Å². The second-order valence-electron chi connectivity index (χ2n) is 12.0. The van der Waals surface area contributed by atoms with Crippen LogP contribution in [-0.4, -0.2) is 60.8 Å². The van der Waals surface area contributed by atoms with Crippen molar-refractivity contribution in [2.24, 2.45) is 11.8 Å². The van der Waals surface area contributed by atoms with E-state index in [0.717, 1.165) is 30.4 Å². The Morgan fingerprint density at radius 3 is 1.48 bits per heavy atom. The third kappa shape index (κ3) is 12.8. The zero-order chi connectivity index (χ0) is 31.1. The first-order valence-electron chi connectivity index (χ1n) is 15.0. The molecule has 0 heterocycles. The molecule has 3 atom stereocenters. The van der Waals surface area contributed by atoms with Gasteiger partial charge in [0.2, 0.25) is 0 Å². The lowest BCUT2D eigenvalue weighted by atomic mass is 9.78. The van der Waals surface area contributed by atoms with Crippen molar-refractivity contribution in [2.45, 2.75) is 91.3 Å². The molecule has 0 aliphatic carbocycles. The molecule has 0 radical (unpaired) electrons. The lowest BCUT2D eigenvalue weighted by Gasteiger charge is -2.26. The van der Waals surface area contributed by atoms with Crippen LogP contribution < -0.4 is 9.47 Å². The van der Waals surface area contributed by atoms with E-state index in [1.165, 1.54) is 0 Å². The molecular weight excluding hydrogens is 536 g/mol. The van der Waals surface area contributed by atoms with Crippen molar-refractivity contribution in [1.29, 1.82) is 0 Å². The molecule has 42 heavy (non-hydrogen) atoms. The number of aliphatic hydroxyl groups is 2. The molecule has 0 aliphatic heterocycles. The van der Waals surface area contributed by atoms with E-state index in [1.54, 1.807) is 0 Å². The molecule has 8 heteroatoms. The molecule has 2 rings (SSSR count). The summed E-state index contributed by atoms with van der Waals surface area (Å²) in [6.07, 6.45) is 1.46. The van der Waals surface area contributed by atoms with Crippen LogP contribution in [0.15, 0.2) is 48.5 Å². The van der Waals surface area contributed by atoms with Gasteiger partial charge in [-0.05, 0) is 60.1 Å². The smallest absolute Gasteiger partial charge is 0.305 e. The highest BCUT2D eigenvalue weighted by atomic mass is 16.6. The Bertz CT molecular complexity index is 1060. The first-order valence-corrected chi connectivity index (χ1v) is 15.0. The molecule has 0 spiro atoms. The summed E-state index contributed by atoms with van der Waals surface area (Å²) >= 11 is 0. The molecule has 0 bridgehead atoms. The van der Waals surface area contributed by atoms with Gasteiger partial charge in [-0.3, -0.25) is 9.59 Å². The van der Waals surface area contributed by atoms with E-state index in [-0.39, 0.29) is 43.8 Å². The van der Waals surface area contributed by atoms with Crippen molar-refractivity contribution in [2.75, 3.05) is 26.4 Å². The van der Waals surface area contributed by atoms with Gasteiger partial charge in [-0.15, -0.1) is 0 Å². The van der Waals surface area contributed by atoms with E-state index in [0.29, 0.717) is 36.2 Å². The van der Waals surface area contributed by atoms with E-state index in [9.17, 15) is 19.8 Å². The number of benzene rings is 2. The molecule has 8 nitrogen and oxygen atoms in total. The summed E-state index contributed by atoms with van der Waals surface area (Å²) in [5.41, 5.74) is 1.85. The maximum absolute atomic E-state index is 11.8. The first-order chi connectivity index (χ1) is 19.9. The number of hydrogen-bond donors (Lipinski definition) is 2. The van der Waals surface area contributed by atoms with E-state index < -0.39 is 12.2 Å².